The van der Waals surface area contributed by atoms with Crippen LogP contribution in [0.3, 0.4) is 0 Å². The summed E-state index contributed by atoms with van der Waals surface area (Å²) in [7, 11) is 0. The van der Waals surface area contributed by atoms with E-state index in [1.165, 1.54) is 0 Å². The lowest BCUT2D eigenvalue weighted by Gasteiger charge is -2.08. The highest BCUT2D eigenvalue weighted by molar-refractivity contribution is 14.1. The lowest BCUT2D eigenvalue weighted by molar-refractivity contribution is -0.387. The van der Waals surface area contributed by atoms with Crippen LogP contribution < -0.4 is 5.32 Å². The van der Waals surface area contributed by atoms with Crippen LogP contribution >= 0.6 is 22.6 Å². The fourth-order valence-electron chi connectivity index (χ4n) is 1.65. The van der Waals surface area contributed by atoms with Gasteiger partial charge >= 0.3 is 5.69 Å². The Bertz CT molecular complexity index is 665. The monoisotopic (exact) mass is 390 g/mol. The standard InChI is InChI=1S/C13H9F2IN2O2/c14-11-6-12(15)13(18(19)20)4-8(11)7-17-10-3-1-2-9(16)5-10/h1-6,17H,7H2. The second kappa shape index (κ2) is 6.12. The molecule has 0 aromatic heterocycles. The number of benzene rings is 2. The molecule has 0 spiro atoms. The van der Waals surface area contributed by atoms with Crippen LogP contribution in [0, 0.1) is 25.3 Å². The van der Waals surface area contributed by atoms with Gasteiger partial charge in [0, 0.05) is 33.5 Å². The van der Waals surface area contributed by atoms with E-state index in [9.17, 15) is 18.9 Å². The smallest absolute Gasteiger partial charge is 0.305 e. The van der Waals surface area contributed by atoms with Crippen molar-refractivity contribution in [2.75, 3.05) is 5.32 Å². The van der Waals surface area contributed by atoms with Crippen LogP contribution in [0.15, 0.2) is 36.4 Å². The maximum Gasteiger partial charge on any atom is 0.305 e. The molecule has 0 unspecified atom stereocenters. The molecule has 4 nitrogen and oxygen atoms in total. The van der Waals surface area contributed by atoms with Crippen LogP contribution in [-0.4, -0.2) is 4.92 Å². The molecule has 2 aromatic rings. The van der Waals surface area contributed by atoms with E-state index < -0.39 is 22.2 Å². The van der Waals surface area contributed by atoms with Crippen molar-refractivity contribution < 1.29 is 13.7 Å². The minimum Gasteiger partial charge on any atom is -0.381 e. The van der Waals surface area contributed by atoms with E-state index in [2.05, 4.69) is 27.9 Å². The van der Waals surface area contributed by atoms with Crippen molar-refractivity contribution in [2.24, 2.45) is 0 Å². The van der Waals surface area contributed by atoms with Gasteiger partial charge in [-0.1, -0.05) is 6.07 Å². The van der Waals surface area contributed by atoms with Gasteiger partial charge in [-0.25, -0.2) is 4.39 Å². The molecular formula is C13H9F2IN2O2. The molecule has 1 N–H and O–H groups in total. The van der Waals surface area contributed by atoms with Crippen LogP contribution in [0.5, 0.6) is 0 Å². The third kappa shape index (κ3) is 3.41. The zero-order valence-corrected chi connectivity index (χ0v) is 12.2. The summed E-state index contributed by atoms with van der Waals surface area (Å²) >= 11 is 2.13. The third-order valence-corrected chi connectivity index (χ3v) is 3.29. The molecule has 2 aromatic carbocycles. The Balaban J connectivity index is 2.21. The Labute approximate surface area is 127 Å². The summed E-state index contributed by atoms with van der Waals surface area (Å²) in [6.45, 7) is 0.0348. The van der Waals surface area contributed by atoms with Crippen molar-refractivity contribution in [1.82, 2.24) is 0 Å². The number of hydrogen-bond acceptors (Lipinski definition) is 3. The van der Waals surface area contributed by atoms with Crippen molar-refractivity contribution in [1.29, 1.82) is 0 Å². The Morgan fingerprint density at radius 1 is 1.20 bits per heavy atom. The Morgan fingerprint density at radius 3 is 2.60 bits per heavy atom. The molecule has 0 atom stereocenters. The normalized spacial score (nSPS) is 10.3. The molecule has 2 rings (SSSR count). The first-order chi connectivity index (χ1) is 9.47. The first-order valence-corrected chi connectivity index (χ1v) is 6.67. The number of rotatable bonds is 4. The fraction of sp³-hybridized carbons (Fsp3) is 0.0769. The number of nitrogens with zero attached hydrogens (tertiary/aromatic N) is 1. The molecule has 20 heavy (non-hydrogen) atoms. The summed E-state index contributed by atoms with van der Waals surface area (Å²) in [5.41, 5.74) is 0.0612. The molecule has 0 aliphatic heterocycles. The summed E-state index contributed by atoms with van der Waals surface area (Å²) < 4.78 is 27.8. The highest BCUT2D eigenvalue weighted by atomic mass is 127. The summed E-state index contributed by atoms with van der Waals surface area (Å²) in [4.78, 5) is 9.75. The average Bonchev–Trinajstić information content (AvgIpc) is 2.37. The van der Waals surface area contributed by atoms with Crippen LogP contribution in [0.1, 0.15) is 5.56 Å². The molecule has 0 radical (unpaired) electrons. The Kier molecular flexibility index (Phi) is 4.48. The van der Waals surface area contributed by atoms with Gasteiger partial charge in [-0.05, 0) is 40.8 Å². The molecule has 0 aliphatic carbocycles. The third-order valence-electron chi connectivity index (χ3n) is 2.62. The van der Waals surface area contributed by atoms with Crippen LogP contribution in [0.4, 0.5) is 20.2 Å². The zero-order chi connectivity index (χ0) is 14.7. The van der Waals surface area contributed by atoms with E-state index >= 15 is 0 Å². The van der Waals surface area contributed by atoms with Gasteiger partial charge in [0.05, 0.1) is 4.92 Å². The first-order valence-electron chi connectivity index (χ1n) is 5.59. The van der Waals surface area contributed by atoms with Gasteiger partial charge in [0.15, 0.2) is 0 Å². The summed E-state index contributed by atoms with van der Waals surface area (Å²) in [5.74, 6) is -1.99. The fourth-order valence-corrected chi connectivity index (χ4v) is 2.20. The quantitative estimate of drug-likeness (QED) is 0.486. The summed E-state index contributed by atoms with van der Waals surface area (Å²) in [5, 5.41) is 13.6. The number of nitrogens with one attached hydrogen (secondary N) is 1. The largest absolute Gasteiger partial charge is 0.381 e. The van der Waals surface area contributed by atoms with Crippen molar-refractivity contribution in [3.8, 4) is 0 Å². The molecule has 0 bridgehead atoms. The maximum absolute atomic E-state index is 13.6. The summed E-state index contributed by atoms with van der Waals surface area (Å²) in [6.07, 6.45) is 0. The second-order valence-electron chi connectivity index (χ2n) is 4.02. The number of nitro groups is 1. The molecule has 0 saturated heterocycles. The van der Waals surface area contributed by atoms with Crippen molar-refractivity contribution in [3.63, 3.8) is 0 Å². The van der Waals surface area contributed by atoms with Gasteiger partial charge in [-0.15, -0.1) is 0 Å². The lowest BCUT2D eigenvalue weighted by Crippen LogP contribution is -2.04. The maximum atomic E-state index is 13.6. The van der Waals surface area contributed by atoms with E-state index in [0.717, 1.165) is 15.3 Å². The minimum absolute atomic E-state index is 0.0348. The Hall–Kier alpha value is -1.77. The van der Waals surface area contributed by atoms with Crippen molar-refractivity contribution >= 4 is 34.0 Å². The van der Waals surface area contributed by atoms with Gasteiger partial charge < -0.3 is 5.32 Å². The number of hydrogen-bond donors (Lipinski definition) is 1. The predicted molar refractivity (Wildman–Crippen MR) is 79.5 cm³/mol. The molecule has 0 aliphatic rings. The van der Waals surface area contributed by atoms with Crippen LogP contribution in [0.2, 0.25) is 0 Å². The molecule has 0 saturated carbocycles. The topological polar surface area (TPSA) is 55.2 Å². The molecule has 0 amide bonds. The average molecular weight is 390 g/mol. The SMILES string of the molecule is O=[N+]([O-])c1cc(CNc2cccc(I)c2)c(F)cc1F. The zero-order valence-electron chi connectivity index (χ0n) is 10.1. The Morgan fingerprint density at radius 2 is 1.95 bits per heavy atom. The highest BCUT2D eigenvalue weighted by Crippen LogP contribution is 2.22. The molecular weight excluding hydrogens is 381 g/mol. The van der Waals surface area contributed by atoms with Gasteiger partial charge in [-0.3, -0.25) is 10.1 Å². The molecule has 7 heteroatoms. The number of nitro benzene ring substituents is 1. The lowest BCUT2D eigenvalue weighted by atomic mass is 10.1. The van der Waals surface area contributed by atoms with E-state index in [0.29, 0.717) is 6.07 Å². The van der Waals surface area contributed by atoms with Crippen LogP contribution in [-0.2, 0) is 6.54 Å². The van der Waals surface area contributed by atoms with Gasteiger partial charge in [-0.2, -0.15) is 4.39 Å². The van der Waals surface area contributed by atoms with Crippen LogP contribution in [0.25, 0.3) is 0 Å². The second-order valence-corrected chi connectivity index (χ2v) is 5.26. The molecule has 0 fully saturated rings. The van der Waals surface area contributed by atoms with Crippen molar-refractivity contribution in [3.05, 3.63) is 67.3 Å². The number of anilines is 1. The van der Waals surface area contributed by atoms with E-state index in [1.54, 1.807) is 6.07 Å². The van der Waals surface area contributed by atoms with Gasteiger partial charge in [0.25, 0.3) is 0 Å². The van der Waals surface area contributed by atoms with E-state index in [1.807, 2.05) is 18.2 Å². The summed E-state index contributed by atoms with van der Waals surface area (Å²) in [6, 6.07) is 8.80. The molecule has 104 valence electrons. The first kappa shape index (κ1) is 14.6. The van der Waals surface area contributed by atoms with Gasteiger partial charge in [0.1, 0.15) is 5.82 Å². The van der Waals surface area contributed by atoms with E-state index in [-0.39, 0.29) is 12.1 Å². The highest BCUT2D eigenvalue weighted by Gasteiger charge is 2.18. The van der Waals surface area contributed by atoms with Gasteiger partial charge in [0.2, 0.25) is 5.82 Å². The number of halogens is 3. The van der Waals surface area contributed by atoms with Crippen molar-refractivity contribution in [2.45, 2.75) is 6.54 Å². The van der Waals surface area contributed by atoms with E-state index in [4.69, 9.17) is 0 Å². The molecule has 0 heterocycles. The predicted octanol–water partition coefficient (Wildman–Crippen LogP) is 4.09. The minimum atomic E-state index is -1.18.